The van der Waals surface area contributed by atoms with E-state index in [2.05, 4.69) is 15.6 Å². The number of rotatable bonds is 13. The highest BCUT2D eigenvalue weighted by molar-refractivity contribution is 5.92. The molecule has 12 nitrogen and oxygen atoms in total. The van der Waals surface area contributed by atoms with E-state index in [1.54, 1.807) is 24.3 Å². The first kappa shape index (κ1) is 25.4. The first-order valence-corrected chi connectivity index (χ1v) is 9.50. The third kappa shape index (κ3) is 10.1. The summed E-state index contributed by atoms with van der Waals surface area (Å²) in [5, 5.41) is 22.6. The van der Waals surface area contributed by atoms with Gasteiger partial charge in [0, 0.05) is 6.54 Å². The van der Waals surface area contributed by atoms with Crippen LogP contribution in [-0.4, -0.2) is 64.6 Å². The highest BCUT2D eigenvalue weighted by Crippen LogP contribution is 2.05. The van der Waals surface area contributed by atoms with Crippen molar-refractivity contribution in [1.82, 2.24) is 10.6 Å². The Hall–Kier alpha value is -3.67. The molecule has 0 aliphatic heterocycles. The molecule has 3 atom stereocenters. The number of nitrogens with two attached hydrogens (primary N) is 3. The van der Waals surface area contributed by atoms with Gasteiger partial charge in [0.15, 0.2) is 5.96 Å². The predicted octanol–water partition coefficient (Wildman–Crippen LogP) is -1.86. The topological polar surface area (TPSA) is 223 Å². The van der Waals surface area contributed by atoms with Crippen molar-refractivity contribution in [1.29, 1.82) is 0 Å². The van der Waals surface area contributed by atoms with E-state index in [0.29, 0.717) is 6.42 Å². The van der Waals surface area contributed by atoms with Crippen LogP contribution in [0.5, 0.6) is 0 Å². The van der Waals surface area contributed by atoms with E-state index in [0.717, 1.165) is 5.56 Å². The van der Waals surface area contributed by atoms with Crippen molar-refractivity contribution < 1.29 is 29.4 Å². The summed E-state index contributed by atoms with van der Waals surface area (Å²) < 4.78 is 0. The van der Waals surface area contributed by atoms with E-state index in [1.807, 2.05) is 6.07 Å². The van der Waals surface area contributed by atoms with E-state index >= 15 is 0 Å². The number of carbonyl (C=O) groups is 4. The fraction of sp³-hybridized carbons (Fsp3) is 0.421. The van der Waals surface area contributed by atoms with Crippen molar-refractivity contribution in [2.45, 2.75) is 43.8 Å². The molecule has 0 heterocycles. The number of amides is 2. The summed E-state index contributed by atoms with van der Waals surface area (Å²) in [6, 6.07) is 5.26. The summed E-state index contributed by atoms with van der Waals surface area (Å²) in [6.07, 6.45) is -0.221. The minimum absolute atomic E-state index is 0.0752. The number of hydrogen-bond acceptors (Lipinski definition) is 6. The van der Waals surface area contributed by atoms with E-state index in [4.69, 9.17) is 27.4 Å². The largest absolute Gasteiger partial charge is 0.481 e. The number of benzene rings is 1. The molecule has 0 bridgehead atoms. The molecule has 1 aromatic carbocycles. The first-order valence-electron chi connectivity index (χ1n) is 9.50. The molecule has 0 aliphatic rings. The molecule has 1 aromatic rings. The molecule has 0 saturated heterocycles. The van der Waals surface area contributed by atoms with Crippen LogP contribution < -0.4 is 27.8 Å². The molecule has 0 saturated carbocycles. The van der Waals surface area contributed by atoms with E-state index in [1.165, 1.54) is 0 Å². The molecule has 31 heavy (non-hydrogen) atoms. The van der Waals surface area contributed by atoms with E-state index in [-0.39, 0.29) is 25.3 Å². The van der Waals surface area contributed by atoms with Gasteiger partial charge in [0.2, 0.25) is 11.8 Å². The maximum Gasteiger partial charge on any atom is 0.326 e. The van der Waals surface area contributed by atoms with E-state index < -0.39 is 48.3 Å². The standard InChI is InChI=1S/C19H28N6O6/c20-12(9-11-5-2-1-3-6-11)16(28)24-13(7-4-8-23-19(21)22)17(29)25-14(18(30)31)10-15(26)27/h1-3,5-6,12-14H,4,7-10,20H2,(H,24,28)(H,25,29)(H,26,27)(H,30,31)(H4,21,22,23). The van der Waals surface area contributed by atoms with E-state index in [9.17, 15) is 19.2 Å². The molecular weight excluding hydrogens is 408 g/mol. The van der Waals surface area contributed by atoms with Crippen LogP contribution in [-0.2, 0) is 25.6 Å². The Labute approximate surface area is 178 Å². The van der Waals surface area contributed by atoms with Gasteiger partial charge in [-0.15, -0.1) is 0 Å². The Morgan fingerprint density at radius 2 is 1.58 bits per heavy atom. The fourth-order valence-corrected chi connectivity index (χ4v) is 2.66. The van der Waals surface area contributed by atoms with Gasteiger partial charge in [-0.1, -0.05) is 30.3 Å². The van der Waals surface area contributed by atoms with Gasteiger partial charge in [-0.3, -0.25) is 19.4 Å². The number of hydrogen-bond donors (Lipinski definition) is 7. The molecule has 1 rings (SSSR count). The average Bonchev–Trinajstić information content (AvgIpc) is 2.69. The van der Waals surface area contributed by atoms with Gasteiger partial charge in [0.25, 0.3) is 0 Å². The molecule has 0 radical (unpaired) electrons. The monoisotopic (exact) mass is 436 g/mol. The van der Waals surface area contributed by atoms with Crippen LogP contribution in [0, 0.1) is 0 Å². The molecule has 0 aromatic heterocycles. The number of carboxylic acid groups (broad SMARTS) is 2. The summed E-state index contributed by atoms with van der Waals surface area (Å²) in [5.74, 6) is -4.51. The van der Waals surface area contributed by atoms with Gasteiger partial charge in [-0.25, -0.2) is 4.79 Å². The lowest BCUT2D eigenvalue weighted by Gasteiger charge is -2.22. The summed E-state index contributed by atoms with van der Waals surface area (Å²) >= 11 is 0. The SMILES string of the molecule is NC(N)=NCCCC(NC(=O)C(N)Cc1ccccc1)C(=O)NC(CC(=O)O)C(=O)O. The smallest absolute Gasteiger partial charge is 0.326 e. The zero-order valence-electron chi connectivity index (χ0n) is 16.9. The van der Waals surface area contributed by atoms with Crippen molar-refractivity contribution >= 4 is 29.7 Å². The molecule has 0 fully saturated rings. The average molecular weight is 436 g/mol. The zero-order valence-corrected chi connectivity index (χ0v) is 16.9. The van der Waals surface area contributed by atoms with Crippen LogP contribution in [0.25, 0.3) is 0 Å². The third-order valence-corrected chi connectivity index (χ3v) is 4.21. The Morgan fingerprint density at radius 3 is 2.13 bits per heavy atom. The van der Waals surface area contributed by atoms with Gasteiger partial charge in [0.1, 0.15) is 12.1 Å². The molecule has 170 valence electrons. The number of nitrogens with one attached hydrogen (secondary N) is 2. The van der Waals surface area contributed by atoms with Crippen molar-refractivity contribution in [3.05, 3.63) is 35.9 Å². The summed E-state index contributed by atoms with van der Waals surface area (Å²) in [7, 11) is 0. The Kier molecular flexibility index (Phi) is 10.5. The van der Waals surface area contributed by atoms with Gasteiger partial charge >= 0.3 is 11.9 Å². The van der Waals surface area contributed by atoms with Crippen LogP contribution in [0.1, 0.15) is 24.8 Å². The maximum absolute atomic E-state index is 12.6. The summed E-state index contributed by atoms with van der Waals surface area (Å²) in [6.45, 7) is 0.176. The zero-order chi connectivity index (χ0) is 23.4. The lowest BCUT2D eigenvalue weighted by atomic mass is 10.0. The maximum atomic E-state index is 12.6. The Balaban J connectivity index is 2.84. The number of aliphatic imine (C=N–C) groups is 1. The molecule has 12 heteroatoms. The molecule has 0 aliphatic carbocycles. The third-order valence-electron chi connectivity index (χ3n) is 4.21. The van der Waals surface area contributed by atoms with Gasteiger partial charge in [0.05, 0.1) is 12.5 Å². The van der Waals surface area contributed by atoms with Crippen molar-refractivity contribution in [3.63, 3.8) is 0 Å². The lowest BCUT2D eigenvalue weighted by molar-refractivity contribution is -0.147. The van der Waals surface area contributed by atoms with Gasteiger partial charge in [-0.05, 0) is 24.8 Å². The van der Waals surface area contributed by atoms with Crippen LogP contribution in [0.15, 0.2) is 35.3 Å². The molecule has 10 N–H and O–H groups in total. The minimum atomic E-state index is -1.65. The predicted molar refractivity (Wildman–Crippen MR) is 112 cm³/mol. The van der Waals surface area contributed by atoms with Crippen molar-refractivity contribution in [3.8, 4) is 0 Å². The summed E-state index contributed by atoms with van der Waals surface area (Å²) in [5.41, 5.74) is 17.3. The number of carbonyl (C=O) groups excluding carboxylic acids is 2. The normalized spacial score (nSPS) is 13.3. The van der Waals surface area contributed by atoms with Crippen LogP contribution in [0.2, 0.25) is 0 Å². The van der Waals surface area contributed by atoms with Crippen molar-refractivity contribution in [2.24, 2.45) is 22.2 Å². The van der Waals surface area contributed by atoms with Crippen molar-refractivity contribution in [2.75, 3.05) is 6.54 Å². The van der Waals surface area contributed by atoms with Crippen LogP contribution in [0.3, 0.4) is 0 Å². The highest BCUT2D eigenvalue weighted by Gasteiger charge is 2.29. The van der Waals surface area contributed by atoms with Crippen LogP contribution >= 0.6 is 0 Å². The quantitative estimate of drug-likeness (QED) is 0.104. The molecule has 3 unspecified atom stereocenters. The van der Waals surface area contributed by atoms with Crippen LogP contribution in [0.4, 0.5) is 0 Å². The van der Waals surface area contributed by atoms with Gasteiger partial charge in [-0.2, -0.15) is 0 Å². The molecular formula is C19H28N6O6. The lowest BCUT2D eigenvalue weighted by Crippen LogP contribution is -2.55. The minimum Gasteiger partial charge on any atom is -0.481 e. The number of guanidine groups is 1. The molecule has 0 spiro atoms. The number of nitrogens with zero attached hydrogens (tertiary/aromatic N) is 1. The first-order chi connectivity index (χ1) is 14.6. The second-order valence-electron chi connectivity index (χ2n) is 6.80. The molecule has 2 amide bonds. The highest BCUT2D eigenvalue weighted by atomic mass is 16.4. The second-order valence-corrected chi connectivity index (χ2v) is 6.80. The Bertz CT molecular complexity index is 796. The number of carboxylic acids is 2. The van der Waals surface area contributed by atoms with Gasteiger partial charge < -0.3 is 38.0 Å². The number of aliphatic carboxylic acids is 2. The fourth-order valence-electron chi connectivity index (χ4n) is 2.66. The second kappa shape index (κ2) is 12.8. The Morgan fingerprint density at radius 1 is 0.968 bits per heavy atom. The summed E-state index contributed by atoms with van der Waals surface area (Å²) in [4.78, 5) is 50.9.